The summed E-state index contributed by atoms with van der Waals surface area (Å²) in [4.78, 5) is 8.77. The second kappa shape index (κ2) is 7.06. The molecule has 0 aliphatic heterocycles. The number of benzene rings is 1. The maximum atomic E-state index is 5.85. The Bertz CT molecular complexity index is 811. The number of hydrogen-bond donors (Lipinski definition) is 0. The summed E-state index contributed by atoms with van der Waals surface area (Å²) in [7, 11) is 0. The summed E-state index contributed by atoms with van der Waals surface area (Å²) in [5, 5.41) is 0. The van der Waals surface area contributed by atoms with Crippen molar-refractivity contribution in [1.29, 1.82) is 0 Å². The SMILES string of the molecule is Cc1ccc(C(C)(c2ccc(Oc3cccnc3)cc2)C(C)C)nc1. The van der Waals surface area contributed by atoms with Crippen molar-refractivity contribution in [2.24, 2.45) is 5.92 Å². The van der Waals surface area contributed by atoms with Gasteiger partial charge < -0.3 is 4.74 Å². The minimum Gasteiger partial charge on any atom is -0.456 e. The lowest BCUT2D eigenvalue weighted by Gasteiger charge is -2.34. The van der Waals surface area contributed by atoms with E-state index in [1.165, 1.54) is 11.1 Å². The molecular weight excluding hydrogens is 308 g/mol. The van der Waals surface area contributed by atoms with Gasteiger partial charge in [-0.15, -0.1) is 0 Å². The van der Waals surface area contributed by atoms with Crippen molar-refractivity contribution < 1.29 is 4.74 Å². The molecule has 0 spiro atoms. The molecule has 3 aromatic rings. The largest absolute Gasteiger partial charge is 0.456 e. The molecule has 0 fully saturated rings. The number of hydrogen-bond acceptors (Lipinski definition) is 3. The van der Waals surface area contributed by atoms with Gasteiger partial charge in [-0.2, -0.15) is 0 Å². The zero-order valence-corrected chi connectivity index (χ0v) is 15.2. The number of aromatic nitrogens is 2. The summed E-state index contributed by atoms with van der Waals surface area (Å²) in [6.45, 7) is 8.80. The van der Waals surface area contributed by atoms with Gasteiger partial charge in [-0.25, -0.2) is 0 Å². The van der Waals surface area contributed by atoms with E-state index in [0.29, 0.717) is 5.92 Å². The van der Waals surface area contributed by atoms with Gasteiger partial charge in [-0.3, -0.25) is 9.97 Å². The standard InChI is InChI=1S/C22H24N2O/c1-16(2)22(4,21-12-7-17(3)14-24-21)18-8-10-19(11-9-18)25-20-6-5-13-23-15-20/h5-16H,1-4H3. The van der Waals surface area contributed by atoms with Crippen LogP contribution in [0, 0.1) is 12.8 Å². The molecule has 0 amide bonds. The van der Waals surface area contributed by atoms with Crippen LogP contribution in [0.4, 0.5) is 0 Å². The summed E-state index contributed by atoms with van der Waals surface area (Å²) < 4.78 is 5.85. The summed E-state index contributed by atoms with van der Waals surface area (Å²) in [5.74, 6) is 1.95. The van der Waals surface area contributed by atoms with Crippen molar-refractivity contribution in [3.8, 4) is 11.5 Å². The van der Waals surface area contributed by atoms with Crippen molar-refractivity contribution in [1.82, 2.24) is 9.97 Å². The van der Waals surface area contributed by atoms with E-state index in [-0.39, 0.29) is 5.41 Å². The Labute approximate surface area is 149 Å². The van der Waals surface area contributed by atoms with Crippen molar-refractivity contribution >= 4 is 0 Å². The predicted molar refractivity (Wildman–Crippen MR) is 101 cm³/mol. The Morgan fingerprint density at radius 2 is 1.68 bits per heavy atom. The molecule has 0 saturated carbocycles. The molecule has 2 aromatic heterocycles. The molecule has 1 unspecified atom stereocenters. The Hall–Kier alpha value is -2.68. The maximum absolute atomic E-state index is 5.85. The molecule has 25 heavy (non-hydrogen) atoms. The summed E-state index contributed by atoms with van der Waals surface area (Å²) in [6, 6.07) is 16.3. The molecule has 0 saturated heterocycles. The molecule has 3 nitrogen and oxygen atoms in total. The van der Waals surface area contributed by atoms with Crippen molar-refractivity contribution in [3.05, 3.63) is 83.9 Å². The van der Waals surface area contributed by atoms with Gasteiger partial charge in [0, 0.05) is 17.8 Å². The van der Waals surface area contributed by atoms with Crippen LogP contribution < -0.4 is 4.74 Å². The highest BCUT2D eigenvalue weighted by molar-refractivity contribution is 5.40. The highest BCUT2D eigenvalue weighted by Gasteiger charge is 2.33. The van der Waals surface area contributed by atoms with Crippen LogP contribution in [0.25, 0.3) is 0 Å². The fraction of sp³-hybridized carbons (Fsp3) is 0.273. The van der Waals surface area contributed by atoms with Crippen LogP contribution in [0.15, 0.2) is 67.1 Å². The van der Waals surface area contributed by atoms with E-state index >= 15 is 0 Å². The van der Waals surface area contributed by atoms with Gasteiger partial charge in [0.05, 0.1) is 11.9 Å². The Morgan fingerprint density at radius 1 is 0.920 bits per heavy atom. The molecule has 0 aliphatic rings. The molecule has 1 aromatic carbocycles. The van der Waals surface area contributed by atoms with Gasteiger partial charge in [0.2, 0.25) is 0 Å². The first-order valence-electron chi connectivity index (χ1n) is 8.61. The first-order valence-corrected chi connectivity index (χ1v) is 8.61. The van der Waals surface area contributed by atoms with E-state index in [9.17, 15) is 0 Å². The molecular formula is C22H24N2O. The second-order valence-corrected chi connectivity index (χ2v) is 6.89. The van der Waals surface area contributed by atoms with Gasteiger partial charge >= 0.3 is 0 Å². The Morgan fingerprint density at radius 3 is 2.24 bits per heavy atom. The molecule has 1 atom stereocenters. The van der Waals surface area contributed by atoms with Gasteiger partial charge in [0.1, 0.15) is 11.5 Å². The van der Waals surface area contributed by atoms with Gasteiger partial charge in [0.25, 0.3) is 0 Å². The molecule has 128 valence electrons. The third-order valence-electron chi connectivity index (χ3n) is 4.92. The first-order chi connectivity index (χ1) is 12.0. The Kier molecular flexibility index (Phi) is 4.84. The predicted octanol–water partition coefficient (Wildman–Crippen LogP) is 5.54. The number of ether oxygens (including phenoxy) is 1. The third kappa shape index (κ3) is 3.55. The van der Waals surface area contributed by atoms with Crippen LogP contribution in [-0.4, -0.2) is 9.97 Å². The average molecular weight is 332 g/mol. The lowest BCUT2D eigenvalue weighted by molar-refractivity contribution is 0.394. The molecule has 2 heterocycles. The molecule has 3 heteroatoms. The monoisotopic (exact) mass is 332 g/mol. The first kappa shape index (κ1) is 17.2. The van der Waals surface area contributed by atoms with E-state index < -0.39 is 0 Å². The van der Waals surface area contributed by atoms with Crippen molar-refractivity contribution in [3.63, 3.8) is 0 Å². The fourth-order valence-corrected chi connectivity index (χ4v) is 2.96. The lowest BCUT2D eigenvalue weighted by Crippen LogP contribution is -2.31. The highest BCUT2D eigenvalue weighted by atomic mass is 16.5. The minimum atomic E-state index is -0.152. The molecule has 3 rings (SSSR count). The van der Waals surface area contributed by atoms with E-state index in [1.54, 1.807) is 12.4 Å². The molecule has 0 N–H and O–H groups in total. The number of pyridine rings is 2. The lowest BCUT2D eigenvalue weighted by atomic mass is 9.70. The summed E-state index contributed by atoms with van der Waals surface area (Å²) >= 11 is 0. The van der Waals surface area contributed by atoms with Crippen LogP contribution in [-0.2, 0) is 5.41 Å². The molecule has 0 radical (unpaired) electrons. The third-order valence-corrected chi connectivity index (χ3v) is 4.92. The van der Waals surface area contributed by atoms with E-state index in [4.69, 9.17) is 9.72 Å². The quantitative estimate of drug-likeness (QED) is 0.615. The van der Waals surface area contributed by atoms with Crippen LogP contribution in [0.3, 0.4) is 0 Å². The van der Waals surface area contributed by atoms with E-state index in [0.717, 1.165) is 17.2 Å². The van der Waals surface area contributed by atoms with Crippen LogP contribution in [0.5, 0.6) is 11.5 Å². The topological polar surface area (TPSA) is 35.0 Å². The zero-order valence-electron chi connectivity index (χ0n) is 15.2. The number of nitrogens with zero attached hydrogens (tertiary/aromatic N) is 2. The van der Waals surface area contributed by atoms with Crippen LogP contribution in [0.1, 0.15) is 37.6 Å². The molecule has 0 aliphatic carbocycles. The van der Waals surface area contributed by atoms with E-state index in [1.807, 2.05) is 30.5 Å². The number of aryl methyl sites for hydroxylation is 1. The smallest absolute Gasteiger partial charge is 0.145 e. The summed E-state index contributed by atoms with van der Waals surface area (Å²) in [5.41, 5.74) is 3.35. The van der Waals surface area contributed by atoms with Gasteiger partial charge in [-0.05, 0) is 61.2 Å². The van der Waals surface area contributed by atoms with E-state index in [2.05, 4.69) is 56.9 Å². The van der Waals surface area contributed by atoms with Crippen molar-refractivity contribution in [2.45, 2.75) is 33.1 Å². The van der Waals surface area contributed by atoms with Crippen LogP contribution in [0.2, 0.25) is 0 Å². The zero-order chi connectivity index (χ0) is 17.9. The average Bonchev–Trinajstić information content (AvgIpc) is 2.63. The minimum absolute atomic E-state index is 0.152. The maximum Gasteiger partial charge on any atom is 0.145 e. The van der Waals surface area contributed by atoms with Crippen LogP contribution >= 0.6 is 0 Å². The summed E-state index contributed by atoms with van der Waals surface area (Å²) in [6.07, 6.45) is 5.39. The van der Waals surface area contributed by atoms with Gasteiger partial charge in [-0.1, -0.05) is 32.0 Å². The van der Waals surface area contributed by atoms with Crippen molar-refractivity contribution in [2.75, 3.05) is 0 Å². The highest BCUT2D eigenvalue weighted by Crippen LogP contribution is 2.38. The molecule has 0 bridgehead atoms. The Balaban J connectivity index is 1.91. The number of rotatable bonds is 5. The van der Waals surface area contributed by atoms with Gasteiger partial charge in [0.15, 0.2) is 0 Å². The second-order valence-electron chi connectivity index (χ2n) is 6.89. The normalized spacial score (nSPS) is 13.5. The fourth-order valence-electron chi connectivity index (χ4n) is 2.96.